The molecule has 1 N–H and O–H groups in total. The summed E-state index contributed by atoms with van der Waals surface area (Å²) in [6.45, 7) is 1.63. The molecule has 1 aliphatic heterocycles. The third kappa shape index (κ3) is 2.88. The first kappa shape index (κ1) is 13.8. The molecule has 1 aliphatic rings. The SMILES string of the molecule is Fc1ccc(C2=CC=CN(Cc3ccc4nc[nH]c4c3)C2)cc1. The summed E-state index contributed by atoms with van der Waals surface area (Å²) >= 11 is 0. The summed E-state index contributed by atoms with van der Waals surface area (Å²) in [7, 11) is 0. The molecule has 4 rings (SSSR count). The van der Waals surface area contributed by atoms with Gasteiger partial charge in [-0.05, 0) is 53.2 Å². The molecule has 0 saturated carbocycles. The van der Waals surface area contributed by atoms with Gasteiger partial charge in [-0.25, -0.2) is 9.37 Å². The number of H-pyrrole nitrogens is 1. The Hall–Kier alpha value is -2.88. The Morgan fingerprint density at radius 3 is 2.87 bits per heavy atom. The van der Waals surface area contributed by atoms with Gasteiger partial charge in [-0.2, -0.15) is 0 Å². The van der Waals surface area contributed by atoms with Gasteiger partial charge >= 0.3 is 0 Å². The van der Waals surface area contributed by atoms with Crippen molar-refractivity contribution in [3.8, 4) is 0 Å². The number of rotatable bonds is 3. The lowest BCUT2D eigenvalue weighted by Gasteiger charge is -2.25. The largest absolute Gasteiger partial charge is 0.369 e. The molecule has 0 aliphatic carbocycles. The van der Waals surface area contributed by atoms with E-state index in [1.165, 1.54) is 23.3 Å². The molecule has 0 atom stereocenters. The second-order valence-electron chi connectivity index (χ2n) is 5.70. The van der Waals surface area contributed by atoms with Crippen LogP contribution in [-0.2, 0) is 6.54 Å². The highest BCUT2D eigenvalue weighted by Crippen LogP contribution is 2.22. The molecule has 0 unspecified atom stereocenters. The lowest BCUT2D eigenvalue weighted by Crippen LogP contribution is -2.21. The molecule has 2 heterocycles. The molecule has 0 bridgehead atoms. The maximum absolute atomic E-state index is 13.1. The van der Waals surface area contributed by atoms with Gasteiger partial charge in [-0.1, -0.05) is 24.3 Å². The first-order chi connectivity index (χ1) is 11.3. The van der Waals surface area contributed by atoms with Crippen molar-refractivity contribution in [2.24, 2.45) is 0 Å². The topological polar surface area (TPSA) is 31.9 Å². The summed E-state index contributed by atoms with van der Waals surface area (Å²) in [5.41, 5.74) is 5.51. The van der Waals surface area contributed by atoms with Crippen LogP contribution < -0.4 is 0 Å². The predicted octanol–water partition coefficient (Wildman–Crippen LogP) is 4.11. The van der Waals surface area contributed by atoms with Crippen LogP contribution in [0, 0.1) is 5.82 Å². The normalized spacial score (nSPS) is 14.3. The molecule has 3 aromatic rings. The van der Waals surface area contributed by atoms with Crippen molar-refractivity contribution < 1.29 is 4.39 Å². The molecule has 2 aromatic carbocycles. The zero-order valence-corrected chi connectivity index (χ0v) is 12.5. The van der Waals surface area contributed by atoms with Gasteiger partial charge in [0.1, 0.15) is 5.82 Å². The summed E-state index contributed by atoms with van der Waals surface area (Å²) in [5, 5.41) is 0. The van der Waals surface area contributed by atoms with Gasteiger partial charge in [0.2, 0.25) is 0 Å². The van der Waals surface area contributed by atoms with Crippen molar-refractivity contribution >= 4 is 16.6 Å². The zero-order chi connectivity index (χ0) is 15.6. The number of allylic oxidation sites excluding steroid dienone is 2. The minimum atomic E-state index is -0.203. The molecule has 0 fully saturated rings. The lowest BCUT2D eigenvalue weighted by atomic mass is 10.0. The third-order valence-corrected chi connectivity index (χ3v) is 4.05. The maximum atomic E-state index is 13.1. The van der Waals surface area contributed by atoms with Gasteiger partial charge in [0.25, 0.3) is 0 Å². The zero-order valence-electron chi connectivity index (χ0n) is 12.5. The summed E-state index contributed by atoms with van der Waals surface area (Å²) in [4.78, 5) is 9.63. The van der Waals surface area contributed by atoms with E-state index in [0.717, 1.165) is 29.7 Å². The third-order valence-electron chi connectivity index (χ3n) is 4.05. The van der Waals surface area contributed by atoms with Crippen molar-refractivity contribution in [2.75, 3.05) is 6.54 Å². The minimum absolute atomic E-state index is 0.203. The Labute approximate surface area is 133 Å². The van der Waals surface area contributed by atoms with E-state index in [1.807, 2.05) is 24.3 Å². The molecule has 0 amide bonds. The van der Waals surface area contributed by atoms with E-state index in [4.69, 9.17) is 0 Å². The van der Waals surface area contributed by atoms with Gasteiger partial charge in [-0.3, -0.25) is 0 Å². The van der Waals surface area contributed by atoms with Crippen molar-refractivity contribution in [3.63, 3.8) is 0 Å². The first-order valence-electron chi connectivity index (χ1n) is 7.57. The van der Waals surface area contributed by atoms with Crippen molar-refractivity contribution in [1.29, 1.82) is 0 Å². The second kappa shape index (κ2) is 5.72. The quantitative estimate of drug-likeness (QED) is 0.789. The molecule has 0 spiro atoms. The van der Waals surface area contributed by atoms with Crippen LogP contribution in [-0.4, -0.2) is 21.4 Å². The first-order valence-corrected chi connectivity index (χ1v) is 7.57. The number of hydrogen-bond donors (Lipinski definition) is 1. The number of benzene rings is 2. The molecule has 1 aromatic heterocycles. The highest BCUT2D eigenvalue weighted by atomic mass is 19.1. The van der Waals surface area contributed by atoms with E-state index >= 15 is 0 Å². The maximum Gasteiger partial charge on any atom is 0.123 e. The summed E-state index contributed by atoms with van der Waals surface area (Å²) < 4.78 is 13.1. The van der Waals surface area contributed by atoms with Crippen molar-refractivity contribution in [2.45, 2.75) is 6.54 Å². The van der Waals surface area contributed by atoms with Crippen molar-refractivity contribution in [3.05, 3.63) is 84.1 Å². The number of fused-ring (bicyclic) bond motifs is 1. The number of nitrogens with one attached hydrogen (secondary N) is 1. The van der Waals surface area contributed by atoms with E-state index in [-0.39, 0.29) is 5.82 Å². The molecule has 0 saturated heterocycles. The minimum Gasteiger partial charge on any atom is -0.369 e. The van der Waals surface area contributed by atoms with Crippen LogP contribution in [0.5, 0.6) is 0 Å². The summed E-state index contributed by atoms with van der Waals surface area (Å²) in [5.74, 6) is -0.203. The molecular weight excluding hydrogens is 289 g/mol. The molecule has 0 radical (unpaired) electrons. The number of imidazole rings is 1. The highest BCUT2D eigenvalue weighted by molar-refractivity contribution is 5.75. The fourth-order valence-corrected chi connectivity index (χ4v) is 2.88. The Morgan fingerprint density at radius 1 is 1.13 bits per heavy atom. The van der Waals surface area contributed by atoms with E-state index in [0.29, 0.717) is 0 Å². The number of hydrogen-bond acceptors (Lipinski definition) is 2. The van der Waals surface area contributed by atoms with Gasteiger partial charge in [-0.15, -0.1) is 0 Å². The van der Waals surface area contributed by atoms with Crippen molar-refractivity contribution in [1.82, 2.24) is 14.9 Å². The predicted molar refractivity (Wildman–Crippen MR) is 90.0 cm³/mol. The fraction of sp³-hybridized carbons (Fsp3) is 0.105. The van der Waals surface area contributed by atoms with E-state index in [1.54, 1.807) is 6.33 Å². The van der Waals surface area contributed by atoms with Crippen LogP contribution in [0.15, 0.2) is 67.1 Å². The van der Waals surface area contributed by atoms with E-state index < -0.39 is 0 Å². The number of aromatic nitrogens is 2. The Kier molecular flexibility index (Phi) is 3.42. The summed E-state index contributed by atoms with van der Waals surface area (Å²) in [6, 6.07) is 12.9. The molecule has 23 heavy (non-hydrogen) atoms. The Balaban J connectivity index is 1.51. The monoisotopic (exact) mass is 305 g/mol. The van der Waals surface area contributed by atoms with E-state index in [2.05, 4.69) is 39.3 Å². The lowest BCUT2D eigenvalue weighted by molar-refractivity contribution is 0.412. The summed E-state index contributed by atoms with van der Waals surface area (Å²) in [6.07, 6.45) is 7.92. The van der Waals surface area contributed by atoms with Crippen LogP contribution in [0.25, 0.3) is 16.6 Å². The Bertz CT molecular complexity index is 890. The highest BCUT2D eigenvalue weighted by Gasteiger charge is 2.10. The van der Waals surface area contributed by atoms with Crippen LogP contribution in [0.4, 0.5) is 4.39 Å². The van der Waals surface area contributed by atoms with Crippen LogP contribution in [0.2, 0.25) is 0 Å². The molecular formula is C19H16FN3. The molecule has 3 nitrogen and oxygen atoms in total. The molecule has 4 heteroatoms. The smallest absolute Gasteiger partial charge is 0.123 e. The van der Waals surface area contributed by atoms with Crippen LogP contribution in [0.3, 0.4) is 0 Å². The standard InChI is InChI=1S/C19H16FN3/c20-17-6-4-15(5-7-17)16-2-1-9-23(12-16)11-14-3-8-18-19(10-14)22-13-21-18/h1-10,13H,11-12H2,(H,21,22). The number of halogens is 1. The second-order valence-corrected chi connectivity index (χ2v) is 5.70. The van der Waals surface area contributed by atoms with Gasteiger partial charge in [0.05, 0.1) is 17.4 Å². The number of nitrogens with zero attached hydrogens (tertiary/aromatic N) is 2. The van der Waals surface area contributed by atoms with Crippen LogP contribution >= 0.6 is 0 Å². The fourth-order valence-electron chi connectivity index (χ4n) is 2.88. The average Bonchev–Trinajstić information content (AvgIpc) is 3.03. The van der Waals surface area contributed by atoms with Gasteiger partial charge in [0, 0.05) is 13.1 Å². The van der Waals surface area contributed by atoms with Gasteiger partial charge in [0.15, 0.2) is 0 Å². The average molecular weight is 305 g/mol. The van der Waals surface area contributed by atoms with Gasteiger partial charge < -0.3 is 9.88 Å². The Morgan fingerprint density at radius 2 is 2.00 bits per heavy atom. The van der Waals surface area contributed by atoms with E-state index in [9.17, 15) is 4.39 Å². The van der Waals surface area contributed by atoms with Crippen LogP contribution in [0.1, 0.15) is 11.1 Å². The molecule has 114 valence electrons. The number of aromatic amines is 1.